The van der Waals surface area contributed by atoms with Crippen molar-refractivity contribution in [1.82, 2.24) is 5.32 Å². The highest BCUT2D eigenvalue weighted by molar-refractivity contribution is 7.46. The summed E-state index contributed by atoms with van der Waals surface area (Å²) in [7, 11) is 0.720. The number of anilines is 1. The molecule has 1 aliphatic heterocycles. The molecule has 1 saturated heterocycles. The normalized spacial score (nSPS) is 16.4. The van der Waals surface area contributed by atoms with Crippen molar-refractivity contribution >= 4 is 25.6 Å². The summed E-state index contributed by atoms with van der Waals surface area (Å²) in [5.74, 6) is 0. The number of hydrogen-bond acceptors (Lipinski definition) is 1. The molecule has 1 N–H and O–H groups in total. The van der Waals surface area contributed by atoms with Crippen molar-refractivity contribution in [3.63, 3.8) is 0 Å². The van der Waals surface area contributed by atoms with Gasteiger partial charge in [-0.15, -0.1) is 0 Å². The fourth-order valence-corrected chi connectivity index (χ4v) is 2.74. The zero-order chi connectivity index (χ0) is 10.8. The smallest absolute Gasteiger partial charge is 0.322 e. The summed E-state index contributed by atoms with van der Waals surface area (Å²) in [4.78, 5) is 13.5. The van der Waals surface area contributed by atoms with Crippen molar-refractivity contribution in [2.45, 2.75) is 6.92 Å². The Morgan fingerprint density at radius 3 is 2.87 bits per heavy atom. The molecule has 0 spiro atoms. The van der Waals surface area contributed by atoms with Crippen molar-refractivity contribution in [3.8, 4) is 0 Å². The summed E-state index contributed by atoms with van der Waals surface area (Å²) in [6, 6.07) is 6.25. The molecule has 1 aromatic rings. The maximum absolute atomic E-state index is 11.6. The van der Waals surface area contributed by atoms with Crippen LogP contribution in [0.3, 0.4) is 0 Å². The van der Waals surface area contributed by atoms with Gasteiger partial charge < -0.3 is 5.32 Å². The van der Waals surface area contributed by atoms with E-state index in [-0.39, 0.29) is 6.03 Å². The molecular weight excluding hydrogens is 207 g/mol. The van der Waals surface area contributed by atoms with Gasteiger partial charge in [-0.2, -0.15) is 0 Å². The van der Waals surface area contributed by atoms with E-state index in [2.05, 4.69) is 37.1 Å². The maximum Gasteiger partial charge on any atom is 0.322 e. The van der Waals surface area contributed by atoms with E-state index in [0.29, 0.717) is 0 Å². The fourth-order valence-electron chi connectivity index (χ4n) is 1.90. The first-order chi connectivity index (χ1) is 7.24. The second kappa shape index (κ2) is 4.19. The van der Waals surface area contributed by atoms with Crippen molar-refractivity contribution in [2.75, 3.05) is 24.7 Å². The lowest BCUT2D eigenvalue weighted by atomic mass is 10.2. The molecule has 15 heavy (non-hydrogen) atoms. The Balaban J connectivity index is 2.45. The minimum atomic E-state index is 0.0313. The molecule has 3 nitrogen and oxygen atoms in total. The van der Waals surface area contributed by atoms with Crippen molar-refractivity contribution in [3.05, 3.63) is 23.8 Å². The Labute approximate surface area is 91.6 Å². The predicted molar refractivity (Wildman–Crippen MR) is 65.8 cm³/mol. The molecular formula is C11H15N2OP. The second-order valence-corrected chi connectivity index (χ2v) is 4.64. The van der Waals surface area contributed by atoms with E-state index >= 15 is 0 Å². The van der Waals surface area contributed by atoms with Crippen LogP contribution in [0.5, 0.6) is 0 Å². The SMILES string of the molecule is CPc1cccc(C)c1N1CCNC1=O. The summed E-state index contributed by atoms with van der Waals surface area (Å²) < 4.78 is 0. The molecule has 1 fully saturated rings. The van der Waals surface area contributed by atoms with Crippen LogP contribution >= 0.6 is 8.58 Å². The van der Waals surface area contributed by atoms with E-state index < -0.39 is 0 Å². The van der Waals surface area contributed by atoms with E-state index in [1.165, 1.54) is 10.9 Å². The van der Waals surface area contributed by atoms with Crippen LogP contribution in [0.25, 0.3) is 0 Å². The molecule has 0 aromatic heterocycles. The van der Waals surface area contributed by atoms with Crippen molar-refractivity contribution in [1.29, 1.82) is 0 Å². The number of urea groups is 1. The molecule has 1 aromatic carbocycles. The molecule has 1 atom stereocenters. The molecule has 2 amide bonds. The predicted octanol–water partition coefficient (Wildman–Crippen LogP) is 1.46. The number of nitrogens with one attached hydrogen (secondary N) is 1. The molecule has 4 heteroatoms. The lowest BCUT2D eigenvalue weighted by Gasteiger charge is -2.20. The summed E-state index contributed by atoms with van der Waals surface area (Å²) >= 11 is 0. The van der Waals surface area contributed by atoms with Gasteiger partial charge in [0.25, 0.3) is 0 Å². The minimum absolute atomic E-state index is 0.0313. The van der Waals surface area contributed by atoms with Crippen LogP contribution in [-0.2, 0) is 0 Å². The van der Waals surface area contributed by atoms with Gasteiger partial charge in [-0.05, 0) is 24.5 Å². The number of para-hydroxylation sites is 1. The van der Waals surface area contributed by atoms with E-state index in [1.807, 2.05) is 4.90 Å². The van der Waals surface area contributed by atoms with E-state index in [0.717, 1.165) is 27.4 Å². The van der Waals surface area contributed by atoms with E-state index in [9.17, 15) is 4.79 Å². The van der Waals surface area contributed by atoms with Crippen LogP contribution in [0, 0.1) is 6.92 Å². The van der Waals surface area contributed by atoms with Gasteiger partial charge in [-0.25, -0.2) is 4.79 Å². The quantitative estimate of drug-likeness (QED) is 0.755. The highest BCUT2D eigenvalue weighted by Gasteiger charge is 2.24. The third-order valence-corrected chi connectivity index (χ3v) is 3.58. The number of amides is 2. The lowest BCUT2D eigenvalue weighted by Crippen LogP contribution is -2.31. The van der Waals surface area contributed by atoms with Crippen LogP contribution < -0.4 is 15.5 Å². The summed E-state index contributed by atoms with van der Waals surface area (Å²) in [6.45, 7) is 5.73. The van der Waals surface area contributed by atoms with Crippen LogP contribution in [0.1, 0.15) is 5.56 Å². The molecule has 0 saturated carbocycles. The number of hydrogen-bond donors (Lipinski definition) is 1. The summed E-state index contributed by atoms with van der Waals surface area (Å²) in [5.41, 5.74) is 2.28. The first kappa shape index (κ1) is 10.4. The number of benzene rings is 1. The van der Waals surface area contributed by atoms with Gasteiger partial charge in [-0.1, -0.05) is 26.8 Å². The number of nitrogens with zero attached hydrogens (tertiary/aromatic N) is 1. The van der Waals surface area contributed by atoms with E-state index in [1.54, 1.807) is 0 Å². The number of carbonyl (C=O) groups excluding carboxylic acids is 1. The maximum atomic E-state index is 11.6. The Bertz CT molecular complexity index is 392. The van der Waals surface area contributed by atoms with Gasteiger partial charge in [0, 0.05) is 13.1 Å². The standard InChI is InChI=1S/C11H15N2OP/c1-8-4-3-5-9(15-2)10(8)13-7-6-12-11(13)14/h3-5,15H,6-7H2,1-2H3,(H,12,14). The third-order valence-electron chi connectivity index (χ3n) is 2.63. The Morgan fingerprint density at radius 1 is 1.47 bits per heavy atom. The number of rotatable bonds is 2. The minimum Gasteiger partial charge on any atom is -0.336 e. The lowest BCUT2D eigenvalue weighted by molar-refractivity contribution is 0.252. The molecule has 0 aliphatic carbocycles. The molecule has 2 rings (SSSR count). The van der Waals surface area contributed by atoms with Crippen molar-refractivity contribution < 1.29 is 4.79 Å². The summed E-state index contributed by atoms with van der Waals surface area (Å²) in [6.07, 6.45) is 0. The number of aryl methyl sites for hydroxylation is 1. The molecule has 1 unspecified atom stereocenters. The zero-order valence-corrected chi connectivity index (χ0v) is 10.0. The first-order valence-corrected chi connectivity index (χ1v) is 6.57. The van der Waals surface area contributed by atoms with Gasteiger partial charge >= 0.3 is 6.03 Å². The first-order valence-electron chi connectivity index (χ1n) is 5.07. The van der Waals surface area contributed by atoms with Gasteiger partial charge in [0.05, 0.1) is 5.69 Å². The highest BCUT2D eigenvalue weighted by atomic mass is 31.1. The van der Waals surface area contributed by atoms with Gasteiger partial charge in [-0.3, -0.25) is 4.90 Å². The fraction of sp³-hybridized carbons (Fsp3) is 0.364. The summed E-state index contributed by atoms with van der Waals surface area (Å²) in [5, 5.41) is 4.11. The zero-order valence-electron chi connectivity index (χ0n) is 9.00. The van der Waals surface area contributed by atoms with Gasteiger partial charge in [0.1, 0.15) is 0 Å². The highest BCUT2D eigenvalue weighted by Crippen LogP contribution is 2.24. The van der Waals surface area contributed by atoms with Crippen LogP contribution in [0.4, 0.5) is 10.5 Å². The Kier molecular flexibility index (Phi) is 2.92. The molecule has 80 valence electrons. The average Bonchev–Trinajstić information content (AvgIpc) is 2.64. The van der Waals surface area contributed by atoms with Gasteiger partial charge in [0.15, 0.2) is 0 Å². The van der Waals surface area contributed by atoms with Crippen molar-refractivity contribution in [2.24, 2.45) is 0 Å². The van der Waals surface area contributed by atoms with E-state index in [4.69, 9.17) is 0 Å². The monoisotopic (exact) mass is 222 g/mol. The molecule has 0 radical (unpaired) electrons. The van der Waals surface area contributed by atoms with Crippen LogP contribution in [0.2, 0.25) is 0 Å². The molecule has 0 bridgehead atoms. The Morgan fingerprint density at radius 2 is 2.27 bits per heavy atom. The Hall–Kier alpha value is -1.08. The third kappa shape index (κ3) is 1.84. The molecule has 1 aliphatic rings. The van der Waals surface area contributed by atoms with Crippen LogP contribution in [-0.4, -0.2) is 25.8 Å². The molecule has 1 heterocycles. The second-order valence-electron chi connectivity index (χ2n) is 3.60. The van der Waals surface area contributed by atoms with Crippen LogP contribution in [0.15, 0.2) is 18.2 Å². The largest absolute Gasteiger partial charge is 0.336 e. The van der Waals surface area contributed by atoms with Gasteiger partial charge in [0.2, 0.25) is 0 Å². The number of carbonyl (C=O) groups is 1. The average molecular weight is 222 g/mol. The topological polar surface area (TPSA) is 32.3 Å².